The van der Waals surface area contributed by atoms with Crippen LogP contribution < -0.4 is 14.8 Å². The number of methoxy groups -OCH3 is 1. The van der Waals surface area contributed by atoms with Crippen molar-refractivity contribution < 1.29 is 13.9 Å². The van der Waals surface area contributed by atoms with Crippen LogP contribution >= 0.6 is 24.0 Å². The van der Waals surface area contributed by atoms with Crippen molar-refractivity contribution in [3.05, 3.63) is 59.9 Å². The fourth-order valence-corrected chi connectivity index (χ4v) is 2.58. The second-order valence-electron chi connectivity index (χ2n) is 5.99. The molecule has 0 radical (unpaired) electrons. The molecular weight excluding hydrogens is 460 g/mol. The van der Waals surface area contributed by atoms with Gasteiger partial charge in [-0.15, -0.1) is 24.0 Å². The number of halogens is 2. The quantitative estimate of drug-likeness (QED) is 0.366. The molecule has 1 unspecified atom stereocenters. The van der Waals surface area contributed by atoms with Gasteiger partial charge in [-0.1, -0.05) is 24.3 Å². The van der Waals surface area contributed by atoms with Crippen LogP contribution in [-0.4, -0.2) is 44.7 Å². The monoisotopic (exact) mass is 487 g/mol. The Balaban J connectivity index is 0.00000364. The van der Waals surface area contributed by atoms with E-state index in [0.29, 0.717) is 30.5 Å². The summed E-state index contributed by atoms with van der Waals surface area (Å²) in [7, 11) is 5.25. The molecule has 2 rings (SSSR count). The standard InChI is InChI=1S/C20H26FN3O2.HI/c1-15(26-19-11-6-5-10-18(19)25-4)13-23-20(22-2)24(3)14-16-8-7-9-17(21)12-16;/h5-12,15H,13-14H2,1-4H3,(H,22,23);1H. The predicted molar refractivity (Wildman–Crippen MR) is 118 cm³/mol. The van der Waals surface area contributed by atoms with E-state index in [-0.39, 0.29) is 35.9 Å². The lowest BCUT2D eigenvalue weighted by Gasteiger charge is -2.24. The highest BCUT2D eigenvalue weighted by atomic mass is 127. The van der Waals surface area contributed by atoms with Crippen LogP contribution in [0.2, 0.25) is 0 Å². The number of nitrogens with one attached hydrogen (secondary N) is 1. The van der Waals surface area contributed by atoms with E-state index in [1.807, 2.05) is 49.2 Å². The van der Waals surface area contributed by atoms with Gasteiger partial charge in [0.1, 0.15) is 11.9 Å². The zero-order valence-electron chi connectivity index (χ0n) is 16.1. The first-order chi connectivity index (χ1) is 12.5. The summed E-state index contributed by atoms with van der Waals surface area (Å²) in [5, 5.41) is 3.28. The molecule has 0 spiro atoms. The number of para-hydroxylation sites is 2. The zero-order chi connectivity index (χ0) is 18.9. The molecule has 0 aliphatic carbocycles. The Labute approximate surface area is 177 Å². The van der Waals surface area contributed by atoms with Crippen molar-refractivity contribution in [1.82, 2.24) is 10.2 Å². The molecule has 0 heterocycles. The second kappa shape index (κ2) is 11.6. The normalized spacial score (nSPS) is 12.0. The number of rotatable bonds is 7. The van der Waals surface area contributed by atoms with E-state index in [1.54, 1.807) is 20.2 Å². The van der Waals surface area contributed by atoms with Gasteiger partial charge in [0.25, 0.3) is 0 Å². The molecule has 148 valence electrons. The molecule has 0 amide bonds. The molecule has 0 saturated carbocycles. The van der Waals surface area contributed by atoms with Gasteiger partial charge < -0.3 is 19.7 Å². The molecular formula is C20H27FIN3O2. The maximum atomic E-state index is 13.3. The van der Waals surface area contributed by atoms with Crippen LogP contribution in [0.1, 0.15) is 12.5 Å². The lowest BCUT2D eigenvalue weighted by Crippen LogP contribution is -2.42. The Kier molecular flexibility index (Phi) is 9.92. The maximum Gasteiger partial charge on any atom is 0.193 e. The Morgan fingerprint density at radius 3 is 2.52 bits per heavy atom. The van der Waals surface area contributed by atoms with Crippen molar-refractivity contribution in [3.8, 4) is 11.5 Å². The van der Waals surface area contributed by atoms with E-state index >= 15 is 0 Å². The Morgan fingerprint density at radius 2 is 1.89 bits per heavy atom. The molecule has 1 N–H and O–H groups in total. The number of hydrogen-bond donors (Lipinski definition) is 1. The fraction of sp³-hybridized carbons (Fsp3) is 0.350. The van der Waals surface area contributed by atoms with Crippen LogP contribution in [0.25, 0.3) is 0 Å². The largest absolute Gasteiger partial charge is 0.493 e. The highest BCUT2D eigenvalue weighted by molar-refractivity contribution is 14.0. The molecule has 0 aliphatic heterocycles. The summed E-state index contributed by atoms with van der Waals surface area (Å²) < 4.78 is 24.6. The van der Waals surface area contributed by atoms with Crippen LogP contribution in [0, 0.1) is 5.82 Å². The molecule has 2 aromatic carbocycles. The van der Waals surface area contributed by atoms with Crippen LogP contribution in [-0.2, 0) is 6.54 Å². The number of hydrogen-bond acceptors (Lipinski definition) is 3. The third-order valence-corrected chi connectivity index (χ3v) is 3.83. The van der Waals surface area contributed by atoms with Crippen LogP contribution in [0.3, 0.4) is 0 Å². The summed E-state index contributed by atoms with van der Waals surface area (Å²) in [4.78, 5) is 6.21. The molecule has 5 nitrogen and oxygen atoms in total. The summed E-state index contributed by atoms with van der Waals surface area (Å²) in [6.07, 6.45) is -0.0920. The highest BCUT2D eigenvalue weighted by Crippen LogP contribution is 2.26. The van der Waals surface area contributed by atoms with Gasteiger partial charge in [-0.05, 0) is 36.8 Å². The summed E-state index contributed by atoms with van der Waals surface area (Å²) in [6, 6.07) is 14.1. The average molecular weight is 487 g/mol. The van der Waals surface area contributed by atoms with E-state index in [2.05, 4.69) is 10.3 Å². The van der Waals surface area contributed by atoms with Crippen LogP contribution in [0.4, 0.5) is 4.39 Å². The Bertz CT molecular complexity index is 743. The Hall–Kier alpha value is -2.03. The van der Waals surface area contributed by atoms with Crippen molar-refractivity contribution in [3.63, 3.8) is 0 Å². The minimum atomic E-state index is -0.238. The van der Waals surface area contributed by atoms with Crippen molar-refractivity contribution in [1.29, 1.82) is 0 Å². The van der Waals surface area contributed by atoms with Gasteiger partial charge in [0.2, 0.25) is 0 Å². The number of guanidine groups is 1. The van der Waals surface area contributed by atoms with Crippen LogP contribution in [0.15, 0.2) is 53.5 Å². The average Bonchev–Trinajstić information content (AvgIpc) is 2.62. The first kappa shape index (κ1) is 23.0. The minimum Gasteiger partial charge on any atom is -0.493 e. The van der Waals surface area contributed by atoms with Gasteiger partial charge in [0.15, 0.2) is 17.5 Å². The molecule has 1 atom stereocenters. The van der Waals surface area contributed by atoms with Crippen molar-refractivity contribution in [2.45, 2.75) is 19.6 Å². The molecule has 0 fully saturated rings. The summed E-state index contributed by atoms with van der Waals surface area (Å²) in [5.74, 6) is 1.88. The summed E-state index contributed by atoms with van der Waals surface area (Å²) in [5.41, 5.74) is 0.883. The number of nitrogens with zero attached hydrogens (tertiary/aromatic N) is 2. The number of ether oxygens (including phenoxy) is 2. The fourth-order valence-electron chi connectivity index (χ4n) is 2.58. The molecule has 0 bridgehead atoms. The van der Waals surface area contributed by atoms with Gasteiger partial charge in [-0.3, -0.25) is 4.99 Å². The van der Waals surface area contributed by atoms with Crippen molar-refractivity contribution in [2.75, 3.05) is 27.7 Å². The lowest BCUT2D eigenvalue weighted by atomic mass is 10.2. The summed E-state index contributed by atoms with van der Waals surface area (Å²) in [6.45, 7) is 3.09. The SMILES string of the molecule is CN=C(NCC(C)Oc1ccccc1OC)N(C)Cc1cccc(F)c1.I. The third-order valence-electron chi connectivity index (χ3n) is 3.83. The smallest absolute Gasteiger partial charge is 0.193 e. The first-order valence-electron chi connectivity index (χ1n) is 8.49. The van der Waals surface area contributed by atoms with Gasteiger partial charge in [-0.25, -0.2) is 4.39 Å². The number of benzene rings is 2. The minimum absolute atomic E-state index is 0. The van der Waals surface area contributed by atoms with Crippen molar-refractivity contribution >= 4 is 29.9 Å². The molecule has 7 heteroatoms. The zero-order valence-corrected chi connectivity index (χ0v) is 18.4. The molecule has 27 heavy (non-hydrogen) atoms. The molecule has 0 aromatic heterocycles. The molecule has 0 aliphatic rings. The maximum absolute atomic E-state index is 13.3. The molecule has 0 saturated heterocycles. The molecule has 2 aromatic rings. The highest BCUT2D eigenvalue weighted by Gasteiger charge is 2.12. The number of aliphatic imine (C=N–C) groups is 1. The predicted octanol–water partition coefficient (Wildman–Crippen LogP) is 3.93. The lowest BCUT2D eigenvalue weighted by molar-refractivity contribution is 0.212. The van der Waals surface area contributed by atoms with E-state index in [0.717, 1.165) is 5.56 Å². The Morgan fingerprint density at radius 1 is 1.19 bits per heavy atom. The van der Waals surface area contributed by atoms with Gasteiger partial charge in [0, 0.05) is 20.6 Å². The van der Waals surface area contributed by atoms with Crippen molar-refractivity contribution in [2.24, 2.45) is 4.99 Å². The van der Waals surface area contributed by atoms with E-state index < -0.39 is 0 Å². The van der Waals surface area contributed by atoms with E-state index in [1.165, 1.54) is 12.1 Å². The topological polar surface area (TPSA) is 46.1 Å². The summed E-state index contributed by atoms with van der Waals surface area (Å²) >= 11 is 0. The van der Waals surface area contributed by atoms with Gasteiger partial charge >= 0.3 is 0 Å². The van der Waals surface area contributed by atoms with Gasteiger partial charge in [-0.2, -0.15) is 0 Å². The third kappa shape index (κ3) is 7.24. The van der Waals surface area contributed by atoms with Gasteiger partial charge in [0.05, 0.1) is 13.7 Å². The first-order valence-corrected chi connectivity index (χ1v) is 8.49. The van der Waals surface area contributed by atoms with E-state index in [9.17, 15) is 4.39 Å². The second-order valence-corrected chi connectivity index (χ2v) is 5.99. The van der Waals surface area contributed by atoms with E-state index in [4.69, 9.17) is 9.47 Å². The van der Waals surface area contributed by atoms with Crippen LogP contribution in [0.5, 0.6) is 11.5 Å².